The molecule has 4 aliphatic rings. The van der Waals surface area contributed by atoms with Crippen LogP contribution in [0.3, 0.4) is 0 Å². The SMILES string of the molecule is CC(=O)O[C@H]1CC[C@]2(C)C(=CC=C3[C@H]2CC[C@]2(C)[C@@H]([C@H](C)CC[C@@H](OC(C)=O)C(C)(C)O)CC[C@@H]32)C1. The second-order valence-electron chi connectivity index (χ2n) is 13.4. The predicted molar refractivity (Wildman–Crippen MR) is 141 cm³/mol. The van der Waals surface area contributed by atoms with Gasteiger partial charge < -0.3 is 14.6 Å². The van der Waals surface area contributed by atoms with E-state index >= 15 is 0 Å². The zero-order valence-corrected chi connectivity index (χ0v) is 23.6. The van der Waals surface area contributed by atoms with Gasteiger partial charge in [0.25, 0.3) is 0 Å². The number of rotatable bonds is 7. The summed E-state index contributed by atoms with van der Waals surface area (Å²) in [7, 11) is 0. The summed E-state index contributed by atoms with van der Waals surface area (Å²) in [4.78, 5) is 23.1. The molecule has 0 amide bonds. The predicted octanol–water partition coefficient (Wildman–Crippen LogP) is 6.54. The molecule has 0 aliphatic heterocycles. The van der Waals surface area contributed by atoms with Crippen molar-refractivity contribution >= 4 is 11.9 Å². The molecule has 5 nitrogen and oxygen atoms in total. The zero-order valence-electron chi connectivity index (χ0n) is 23.6. The third-order valence-electron chi connectivity index (χ3n) is 10.6. The molecular formula is C31H48O5. The Morgan fingerprint density at radius 3 is 2.39 bits per heavy atom. The number of hydrogen-bond acceptors (Lipinski definition) is 5. The number of aliphatic hydroxyl groups is 1. The zero-order chi connectivity index (χ0) is 26.5. The number of carbonyl (C=O) groups excluding carboxylic acids is 2. The van der Waals surface area contributed by atoms with Gasteiger partial charge in [0.1, 0.15) is 12.2 Å². The average molecular weight is 501 g/mol. The fourth-order valence-electron chi connectivity index (χ4n) is 8.65. The van der Waals surface area contributed by atoms with Crippen LogP contribution in [0.15, 0.2) is 23.3 Å². The van der Waals surface area contributed by atoms with Crippen molar-refractivity contribution in [3.05, 3.63) is 23.3 Å². The molecule has 0 saturated heterocycles. The van der Waals surface area contributed by atoms with E-state index in [1.165, 1.54) is 45.1 Å². The lowest BCUT2D eigenvalue weighted by Crippen LogP contribution is -2.47. The van der Waals surface area contributed by atoms with Crippen LogP contribution in [-0.4, -0.2) is 34.9 Å². The Hall–Kier alpha value is -1.62. The highest BCUT2D eigenvalue weighted by atomic mass is 16.6. The lowest BCUT2D eigenvalue weighted by Gasteiger charge is -2.55. The summed E-state index contributed by atoms with van der Waals surface area (Å²) >= 11 is 0. The van der Waals surface area contributed by atoms with E-state index < -0.39 is 11.7 Å². The molecular weight excluding hydrogens is 452 g/mol. The third kappa shape index (κ3) is 5.06. The van der Waals surface area contributed by atoms with Gasteiger partial charge in [-0.05, 0) is 99.7 Å². The maximum atomic E-state index is 11.6. The molecule has 4 rings (SSSR count). The van der Waals surface area contributed by atoms with Crippen LogP contribution < -0.4 is 0 Å². The van der Waals surface area contributed by atoms with Gasteiger partial charge in [-0.1, -0.05) is 44.1 Å². The Bertz CT molecular complexity index is 926. The summed E-state index contributed by atoms with van der Waals surface area (Å²) in [6.07, 6.45) is 13.9. The standard InChI is InChI=1S/C31H48O5/c1-19(8-13-28(29(4,5)34)36-21(3)33)25-11-12-26-24-10-9-22-18-23(35-20(2)32)14-16-30(22,6)27(24)15-17-31(25,26)7/h9-10,19,23,25-28,34H,8,11-18H2,1-7H3/t19-,23+,25-,26+,27-,28-,30-,31-/m1/s1. The van der Waals surface area contributed by atoms with Gasteiger partial charge in [0.2, 0.25) is 0 Å². The van der Waals surface area contributed by atoms with Crippen LogP contribution in [0.1, 0.15) is 106 Å². The number of carbonyl (C=O) groups is 2. The molecule has 4 aliphatic carbocycles. The van der Waals surface area contributed by atoms with E-state index in [0.717, 1.165) is 25.7 Å². The minimum absolute atomic E-state index is 0.0297. The van der Waals surface area contributed by atoms with E-state index in [-0.39, 0.29) is 23.5 Å². The Morgan fingerprint density at radius 1 is 1.03 bits per heavy atom. The first kappa shape index (κ1) is 27.4. The smallest absolute Gasteiger partial charge is 0.303 e. The maximum absolute atomic E-state index is 11.6. The van der Waals surface area contributed by atoms with E-state index in [0.29, 0.717) is 35.5 Å². The normalized spacial score (nSPS) is 37.4. The first-order chi connectivity index (χ1) is 16.8. The van der Waals surface area contributed by atoms with Crippen molar-refractivity contribution in [2.75, 3.05) is 0 Å². The number of ether oxygens (including phenoxy) is 2. The molecule has 0 aromatic heterocycles. The van der Waals surface area contributed by atoms with E-state index in [1.807, 2.05) is 0 Å². The van der Waals surface area contributed by atoms with Crippen LogP contribution in [0.4, 0.5) is 0 Å². The van der Waals surface area contributed by atoms with E-state index in [9.17, 15) is 14.7 Å². The fourth-order valence-corrected chi connectivity index (χ4v) is 8.65. The number of allylic oxidation sites excluding steroid dienone is 3. The van der Waals surface area contributed by atoms with Crippen molar-refractivity contribution in [1.82, 2.24) is 0 Å². The molecule has 5 heteroatoms. The summed E-state index contributed by atoms with van der Waals surface area (Å²) in [6, 6.07) is 0. The van der Waals surface area contributed by atoms with Gasteiger partial charge in [0, 0.05) is 20.3 Å². The lowest BCUT2D eigenvalue weighted by atomic mass is 9.50. The molecule has 0 aromatic carbocycles. The molecule has 36 heavy (non-hydrogen) atoms. The Labute approximate surface area is 218 Å². The topological polar surface area (TPSA) is 72.8 Å². The monoisotopic (exact) mass is 500 g/mol. The highest BCUT2D eigenvalue weighted by Gasteiger charge is 2.57. The quantitative estimate of drug-likeness (QED) is 0.402. The van der Waals surface area contributed by atoms with Crippen LogP contribution in [0.5, 0.6) is 0 Å². The van der Waals surface area contributed by atoms with Crippen molar-refractivity contribution < 1.29 is 24.2 Å². The van der Waals surface area contributed by atoms with Gasteiger partial charge in [-0.2, -0.15) is 0 Å². The van der Waals surface area contributed by atoms with Gasteiger partial charge in [-0.3, -0.25) is 9.59 Å². The summed E-state index contributed by atoms with van der Waals surface area (Å²) in [5, 5.41) is 10.5. The second kappa shape index (κ2) is 9.93. The van der Waals surface area contributed by atoms with Crippen LogP contribution in [0, 0.1) is 34.5 Å². The average Bonchev–Trinajstić information content (AvgIpc) is 3.12. The molecule has 0 bridgehead atoms. The Morgan fingerprint density at radius 2 is 1.75 bits per heavy atom. The van der Waals surface area contributed by atoms with Gasteiger partial charge in [0.15, 0.2) is 0 Å². The van der Waals surface area contributed by atoms with Gasteiger partial charge >= 0.3 is 11.9 Å². The number of hydrogen-bond donors (Lipinski definition) is 1. The van der Waals surface area contributed by atoms with Crippen molar-refractivity contribution in [3.8, 4) is 0 Å². The molecule has 0 heterocycles. The molecule has 0 unspecified atom stereocenters. The van der Waals surface area contributed by atoms with Gasteiger partial charge in [-0.15, -0.1) is 0 Å². The van der Waals surface area contributed by atoms with Crippen molar-refractivity contribution in [2.45, 2.75) is 124 Å². The van der Waals surface area contributed by atoms with Crippen LogP contribution in [0.2, 0.25) is 0 Å². The van der Waals surface area contributed by atoms with E-state index in [4.69, 9.17) is 9.47 Å². The Kier molecular flexibility index (Phi) is 7.56. The summed E-state index contributed by atoms with van der Waals surface area (Å²) < 4.78 is 11.1. The minimum atomic E-state index is -1.04. The second-order valence-corrected chi connectivity index (χ2v) is 13.4. The van der Waals surface area contributed by atoms with Gasteiger partial charge in [0.05, 0.1) is 5.60 Å². The highest BCUT2D eigenvalue weighted by Crippen LogP contribution is 2.66. The number of fused-ring (bicyclic) bond motifs is 5. The van der Waals surface area contributed by atoms with Gasteiger partial charge in [-0.25, -0.2) is 0 Å². The molecule has 3 saturated carbocycles. The molecule has 8 atom stereocenters. The first-order valence-corrected chi connectivity index (χ1v) is 14.2. The van der Waals surface area contributed by atoms with Crippen molar-refractivity contribution in [1.29, 1.82) is 0 Å². The summed E-state index contributed by atoms with van der Waals surface area (Å²) in [5.41, 5.74) is 2.60. The number of esters is 2. The molecule has 202 valence electrons. The van der Waals surface area contributed by atoms with Crippen molar-refractivity contribution in [2.24, 2.45) is 34.5 Å². The minimum Gasteiger partial charge on any atom is -0.462 e. The fraction of sp³-hybridized carbons (Fsp3) is 0.806. The first-order valence-electron chi connectivity index (χ1n) is 14.2. The molecule has 0 radical (unpaired) electrons. The molecule has 0 spiro atoms. The van der Waals surface area contributed by atoms with Crippen LogP contribution >= 0.6 is 0 Å². The maximum Gasteiger partial charge on any atom is 0.303 e. The largest absolute Gasteiger partial charge is 0.462 e. The van der Waals surface area contributed by atoms with Crippen LogP contribution in [-0.2, 0) is 19.1 Å². The third-order valence-corrected chi connectivity index (χ3v) is 10.6. The summed E-state index contributed by atoms with van der Waals surface area (Å²) in [5.74, 6) is 1.89. The summed E-state index contributed by atoms with van der Waals surface area (Å²) in [6.45, 7) is 13.8. The van der Waals surface area contributed by atoms with E-state index in [2.05, 4.69) is 32.9 Å². The molecule has 0 aromatic rings. The molecule has 1 N–H and O–H groups in total. The highest BCUT2D eigenvalue weighted by molar-refractivity contribution is 5.66. The van der Waals surface area contributed by atoms with Crippen LogP contribution in [0.25, 0.3) is 0 Å². The molecule has 3 fully saturated rings. The lowest BCUT2D eigenvalue weighted by molar-refractivity contribution is -0.160. The van der Waals surface area contributed by atoms with Crippen molar-refractivity contribution in [3.63, 3.8) is 0 Å². The van der Waals surface area contributed by atoms with E-state index in [1.54, 1.807) is 19.4 Å². The Balaban J connectivity index is 1.48.